The summed E-state index contributed by atoms with van der Waals surface area (Å²) in [5.41, 5.74) is 2.87. The van der Waals surface area contributed by atoms with E-state index in [0.29, 0.717) is 23.4 Å². The van der Waals surface area contributed by atoms with Gasteiger partial charge < -0.3 is 20.1 Å². The number of fused-ring (bicyclic) bond motifs is 1. The third-order valence-corrected chi connectivity index (χ3v) is 4.35. The van der Waals surface area contributed by atoms with Gasteiger partial charge in [0.1, 0.15) is 5.69 Å². The molecule has 3 aromatic rings. The second-order valence-electron chi connectivity index (χ2n) is 6.65. The third kappa shape index (κ3) is 3.73. The summed E-state index contributed by atoms with van der Waals surface area (Å²) in [6, 6.07) is 14.8. The number of carbonyl (C=O) groups excluding carboxylic acids is 1. The highest BCUT2D eigenvalue weighted by molar-refractivity contribution is 6.03. The molecule has 2 N–H and O–H groups in total. The lowest BCUT2D eigenvalue weighted by atomic mass is 10.0. The van der Waals surface area contributed by atoms with Crippen LogP contribution in [0.25, 0.3) is 0 Å². The van der Waals surface area contributed by atoms with Gasteiger partial charge in [0, 0.05) is 23.6 Å². The molecule has 0 radical (unpaired) electrons. The van der Waals surface area contributed by atoms with Gasteiger partial charge in [0.15, 0.2) is 11.5 Å². The molecule has 28 heavy (non-hydrogen) atoms. The van der Waals surface area contributed by atoms with E-state index < -0.39 is 0 Å². The number of ether oxygens (including phenoxy) is 2. The number of aromatic nitrogens is 2. The van der Waals surface area contributed by atoms with Crippen molar-refractivity contribution < 1.29 is 14.3 Å². The fourth-order valence-electron chi connectivity index (χ4n) is 2.95. The molecule has 0 saturated heterocycles. The molecule has 0 saturated carbocycles. The van der Waals surface area contributed by atoms with Crippen LogP contribution in [-0.4, -0.2) is 22.7 Å². The van der Waals surface area contributed by atoms with Crippen LogP contribution in [-0.2, 0) is 0 Å². The number of anilines is 3. The summed E-state index contributed by atoms with van der Waals surface area (Å²) in [4.78, 5) is 21.2. The van der Waals surface area contributed by atoms with Crippen molar-refractivity contribution >= 4 is 23.2 Å². The van der Waals surface area contributed by atoms with E-state index in [4.69, 9.17) is 9.47 Å². The average Bonchev–Trinajstić information content (AvgIpc) is 3.16. The van der Waals surface area contributed by atoms with Crippen LogP contribution >= 0.6 is 0 Å². The van der Waals surface area contributed by atoms with Gasteiger partial charge in [0.2, 0.25) is 12.7 Å². The lowest BCUT2D eigenvalue weighted by Gasteiger charge is -2.13. The zero-order valence-electron chi connectivity index (χ0n) is 15.6. The van der Waals surface area contributed by atoms with E-state index in [0.717, 1.165) is 16.9 Å². The fraction of sp³-hybridized carbons (Fsp3) is 0.190. The Balaban J connectivity index is 1.51. The molecule has 0 aliphatic carbocycles. The number of carbonyl (C=O) groups is 1. The van der Waals surface area contributed by atoms with E-state index in [9.17, 15) is 4.79 Å². The highest BCUT2D eigenvalue weighted by Gasteiger charge is 2.15. The average molecular weight is 376 g/mol. The minimum absolute atomic E-state index is 0.211. The highest BCUT2D eigenvalue weighted by atomic mass is 16.7. The lowest BCUT2D eigenvalue weighted by molar-refractivity contribution is 0.102. The second-order valence-corrected chi connectivity index (χ2v) is 6.65. The van der Waals surface area contributed by atoms with Crippen molar-refractivity contribution in [3.05, 3.63) is 66.0 Å². The molecule has 0 bridgehead atoms. The minimum atomic E-state index is -0.288. The molecular formula is C21H20N4O3. The summed E-state index contributed by atoms with van der Waals surface area (Å²) < 4.78 is 10.7. The Hall–Kier alpha value is -3.61. The van der Waals surface area contributed by atoms with E-state index in [1.54, 1.807) is 18.3 Å². The standard InChI is InChI=1S/C21H20N4O3/c1-13(2)15-5-3-4-6-16(15)24-20(26)17-9-10-22-21(25-17)23-14-7-8-18-19(11-14)28-12-27-18/h3-11,13H,12H2,1-2H3,(H,24,26)(H,22,23,25). The maximum Gasteiger partial charge on any atom is 0.274 e. The number of amides is 1. The number of nitrogens with zero attached hydrogens (tertiary/aromatic N) is 2. The molecule has 0 atom stereocenters. The Kier molecular flexibility index (Phi) is 4.80. The van der Waals surface area contributed by atoms with Gasteiger partial charge in [-0.05, 0) is 35.7 Å². The molecular weight excluding hydrogens is 356 g/mol. The maximum absolute atomic E-state index is 12.7. The van der Waals surface area contributed by atoms with Crippen LogP contribution in [0.15, 0.2) is 54.7 Å². The molecule has 2 heterocycles. The molecule has 4 rings (SSSR count). The van der Waals surface area contributed by atoms with Gasteiger partial charge in [0.25, 0.3) is 5.91 Å². The van der Waals surface area contributed by atoms with Gasteiger partial charge in [-0.1, -0.05) is 32.0 Å². The fourth-order valence-corrected chi connectivity index (χ4v) is 2.95. The summed E-state index contributed by atoms with van der Waals surface area (Å²) in [5.74, 6) is 1.69. The van der Waals surface area contributed by atoms with Gasteiger partial charge in [-0.2, -0.15) is 0 Å². The van der Waals surface area contributed by atoms with Gasteiger partial charge >= 0.3 is 0 Å². The van der Waals surface area contributed by atoms with Gasteiger partial charge in [-0.25, -0.2) is 9.97 Å². The molecule has 2 aromatic carbocycles. The normalized spacial score (nSPS) is 12.1. The highest BCUT2D eigenvalue weighted by Crippen LogP contribution is 2.34. The van der Waals surface area contributed by atoms with Crippen molar-refractivity contribution in [2.75, 3.05) is 17.4 Å². The maximum atomic E-state index is 12.7. The summed E-state index contributed by atoms with van der Waals surface area (Å²) in [7, 11) is 0. The van der Waals surface area contributed by atoms with Crippen LogP contribution in [0, 0.1) is 0 Å². The molecule has 1 aliphatic rings. The number of para-hydroxylation sites is 1. The summed E-state index contributed by atoms with van der Waals surface area (Å²) in [6.07, 6.45) is 1.55. The van der Waals surface area contributed by atoms with Gasteiger partial charge in [-0.15, -0.1) is 0 Å². The second kappa shape index (κ2) is 7.56. The molecule has 7 heteroatoms. The Bertz CT molecular complexity index is 1020. The number of nitrogens with one attached hydrogen (secondary N) is 2. The summed E-state index contributed by atoms with van der Waals surface area (Å²) in [5, 5.41) is 6.02. The van der Waals surface area contributed by atoms with Crippen LogP contribution < -0.4 is 20.1 Å². The topological polar surface area (TPSA) is 85.4 Å². The lowest BCUT2D eigenvalue weighted by Crippen LogP contribution is -2.16. The minimum Gasteiger partial charge on any atom is -0.454 e. The zero-order chi connectivity index (χ0) is 19.5. The van der Waals surface area contributed by atoms with E-state index in [-0.39, 0.29) is 18.4 Å². The molecule has 0 spiro atoms. The van der Waals surface area contributed by atoms with Crippen LogP contribution in [0.4, 0.5) is 17.3 Å². The number of hydrogen-bond donors (Lipinski definition) is 2. The summed E-state index contributed by atoms with van der Waals surface area (Å²) >= 11 is 0. The van der Waals surface area contributed by atoms with Crippen molar-refractivity contribution in [3.8, 4) is 11.5 Å². The van der Waals surface area contributed by atoms with Crippen molar-refractivity contribution in [1.29, 1.82) is 0 Å². The third-order valence-electron chi connectivity index (χ3n) is 4.35. The molecule has 1 amide bonds. The van der Waals surface area contributed by atoms with Gasteiger partial charge in [-0.3, -0.25) is 4.79 Å². The van der Waals surface area contributed by atoms with Gasteiger partial charge in [0.05, 0.1) is 0 Å². The predicted octanol–water partition coefficient (Wildman–Crippen LogP) is 4.32. The quantitative estimate of drug-likeness (QED) is 0.690. The molecule has 0 fully saturated rings. The largest absolute Gasteiger partial charge is 0.454 e. The van der Waals surface area contributed by atoms with E-state index in [2.05, 4.69) is 34.4 Å². The van der Waals surface area contributed by atoms with Crippen LogP contribution in [0.5, 0.6) is 11.5 Å². The van der Waals surface area contributed by atoms with E-state index in [1.807, 2.05) is 36.4 Å². The first-order valence-electron chi connectivity index (χ1n) is 9.00. The smallest absolute Gasteiger partial charge is 0.274 e. The summed E-state index contributed by atoms with van der Waals surface area (Å²) in [6.45, 7) is 4.38. The van der Waals surface area contributed by atoms with Crippen LogP contribution in [0.3, 0.4) is 0 Å². The zero-order valence-corrected chi connectivity index (χ0v) is 15.6. The molecule has 1 aromatic heterocycles. The van der Waals surface area contributed by atoms with Crippen LogP contribution in [0.2, 0.25) is 0 Å². The van der Waals surface area contributed by atoms with Crippen molar-refractivity contribution in [1.82, 2.24) is 9.97 Å². The Morgan fingerprint density at radius 3 is 2.75 bits per heavy atom. The monoisotopic (exact) mass is 376 g/mol. The molecule has 7 nitrogen and oxygen atoms in total. The molecule has 142 valence electrons. The number of benzene rings is 2. The SMILES string of the molecule is CC(C)c1ccccc1NC(=O)c1ccnc(Nc2ccc3c(c2)OCO3)n1. The first-order valence-corrected chi connectivity index (χ1v) is 9.00. The number of rotatable bonds is 5. The van der Waals surface area contributed by atoms with Crippen molar-refractivity contribution in [3.63, 3.8) is 0 Å². The molecule has 0 unspecified atom stereocenters. The van der Waals surface area contributed by atoms with Crippen molar-refractivity contribution in [2.24, 2.45) is 0 Å². The van der Waals surface area contributed by atoms with Crippen LogP contribution in [0.1, 0.15) is 35.8 Å². The Morgan fingerprint density at radius 2 is 1.89 bits per heavy atom. The first-order chi connectivity index (χ1) is 13.6. The van der Waals surface area contributed by atoms with E-state index >= 15 is 0 Å². The Morgan fingerprint density at radius 1 is 1.07 bits per heavy atom. The number of hydrogen-bond acceptors (Lipinski definition) is 6. The van der Waals surface area contributed by atoms with Crippen molar-refractivity contribution in [2.45, 2.75) is 19.8 Å². The Labute approximate surface area is 162 Å². The molecule has 1 aliphatic heterocycles. The first kappa shape index (κ1) is 17.8. The van der Waals surface area contributed by atoms with E-state index in [1.165, 1.54) is 0 Å². The predicted molar refractivity (Wildman–Crippen MR) is 106 cm³/mol.